The fraction of sp³-hybridized carbons (Fsp3) is 0.900. The van der Waals surface area contributed by atoms with Crippen molar-refractivity contribution >= 4 is 5.78 Å². The van der Waals surface area contributed by atoms with E-state index in [1.807, 2.05) is 0 Å². The predicted octanol–water partition coefficient (Wildman–Crippen LogP) is 7.35. The number of rotatable bonds is 0. The van der Waals surface area contributed by atoms with E-state index < -0.39 is 5.41 Å². The van der Waals surface area contributed by atoms with Gasteiger partial charge in [-0.3, -0.25) is 4.79 Å². The number of fused-ring (bicyclic) bond motifs is 5. The van der Waals surface area contributed by atoms with Crippen molar-refractivity contribution in [1.82, 2.24) is 0 Å². The molecule has 0 unspecified atom stereocenters. The zero-order valence-corrected chi connectivity index (χ0v) is 21.9. The van der Waals surface area contributed by atoms with Crippen molar-refractivity contribution in [2.75, 3.05) is 0 Å². The zero-order valence-electron chi connectivity index (χ0n) is 21.9. The smallest absolute Gasteiger partial charge is 0.138 e. The fourth-order valence-electron chi connectivity index (χ4n) is 11.2. The first-order chi connectivity index (χ1) is 14.7. The van der Waals surface area contributed by atoms with Crippen LogP contribution in [0.25, 0.3) is 0 Å². The molecule has 0 amide bonds. The minimum absolute atomic E-state index is 0.0587. The molecular formula is C30H48O2. The van der Waals surface area contributed by atoms with E-state index in [4.69, 9.17) is 0 Å². The van der Waals surface area contributed by atoms with Crippen LogP contribution in [0.15, 0.2) is 12.2 Å². The Bertz CT molecular complexity index is 853. The second-order valence-corrected chi connectivity index (χ2v) is 14.8. The molecule has 5 fully saturated rings. The second kappa shape index (κ2) is 6.52. The highest BCUT2D eigenvalue weighted by Gasteiger charge is 2.71. The standard InChI is InChI=1S/C30H48O2/c1-19-11-13-25(2,3)30(19)16-15-28(7)20(17-30)9-10-22-27(6)14-12-23(32)26(4,5)24(27)21(31)18-29(22,28)8/h20-22,24,31H,1,9-18H2,2-8H3/t20-,21-,22-,24+,27-,28-,29-,30-/m1/s1. The van der Waals surface area contributed by atoms with Crippen molar-refractivity contribution in [2.45, 2.75) is 119 Å². The summed E-state index contributed by atoms with van der Waals surface area (Å²) in [6, 6.07) is 0. The highest BCUT2D eigenvalue weighted by molar-refractivity contribution is 5.85. The minimum atomic E-state index is -0.409. The van der Waals surface area contributed by atoms with Gasteiger partial charge in [0, 0.05) is 17.8 Å². The molecule has 180 valence electrons. The maximum absolute atomic E-state index is 12.9. The average molecular weight is 441 g/mol. The Morgan fingerprint density at radius 3 is 2.16 bits per heavy atom. The lowest BCUT2D eigenvalue weighted by molar-refractivity contribution is -0.251. The molecule has 5 aliphatic carbocycles. The Labute approximate surface area is 197 Å². The molecule has 0 heterocycles. The number of ketones is 1. The number of aliphatic hydroxyl groups excluding tert-OH is 1. The summed E-state index contributed by atoms with van der Waals surface area (Å²) in [4.78, 5) is 12.9. The molecule has 0 radical (unpaired) electrons. The summed E-state index contributed by atoms with van der Waals surface area (Å²) in [5, 5.41) is 11.7. The monoisotopic (exact) mass is 440 g/mol. The van der Waals surface area contributed by atoms with Crippen molar-refractivity contribution in [3.8, 4) is 0 Å². The Kier molecular flexibility index (Phi) is 4.71. The number of allylic oxidation sites excluding steroid dienone is 1. The van der Waals surface area contributed by atoms with E-state index >= 15 is 0 Å². The van der Waals surface area contributed by atoms with Crippen LogP contribution in [0.3, 0.4) is 0 Å². The molecule has 1 N–H and O–H groups in total. The molecule has 2 nitrogen and oxygen atoms in total. The fourth-order valence-corrected chi connectivity index (χ4v) is 11.2. The third-order valence-electron chi connectivity index (χ3n) is 13.4. The molecule has 2 heteroatoms. The summed E-state index contributed by atoms with van der Waals surface area (Å²) in [6.45, 7) is 21.4. The van der Waals surface area contributed by atoms with Gasteiger partial charge in [-0.2, -0.15) is 0 Å². The van der Waals surface area contributed by atoms with Gasteiger partial charge in [-0.25, -0.2) is 0 Å². The number of carbonyl (C=O) groups is 1. The molecule has 5 rings (SSSR count). The number of aliphatic hydroxyl groups is 1. The van der Waals surface area contributed by atoms with E-state index in [1.165, 1.54) is 50.5 Å². The summed E-state index contributed by atoms with van der Waals surface area (Å²) < 4.78 is 0. The van der Waals surface area contributed by atoms with E-state index in [0.717, 1.165) is 18.8 Å². The maximum Gasteiger partial charge on any atom is 0.138 e. The Balaban J connectivity index is 1.54. The molecule has 0 aliphatic heterocycles. The van der Waals surface area contributed by atoms with E-state index in [9.17, 15) is 9.90 Å². The van der Waals surface area contributed by atoms with Gasteiger partial charge in [-0.15, -0.1) is 0 Å². The highest BCUT2D eigenvalue weighted by atomic mass is 16.3. The first kappa shape index (κ1) is 23.1. The van der Waals surface area contributed by atoms with Crippen molar-refractivity contribution in [3.05, 3.63) is 12.2 Å². The Morgan fingerprint density at radius 2 is 1.53 bits per heavy atom. The molecule has 1 spiro atoms. The number of hydrogen-bond acceptors (Lipinski definition) is 2. The summed E-state index contributed by atoms with van der Waals surface area (Å²) >= 11 is 0. The van der Waals surface area contributed by atoms with E-state index in [-0.39, 0.29) is 28.3 Å². The van der Waals surface area contributed by atoms with Gasteiger partial charge in [0.25, 0.3) is 0 Å². The normalized spacial score (nSPS) is 54.1. The molecular weight excluding hydrogens is 392 g/mol. The van der Waals surface area contributed by atoms with Crippen LogP contribution >= 0.6 is 0 Å². The quantitative estimate of drug-likeness (QED) is 0.400. The first-order valence-electron chi connectivity index (χ1n) is 13.6. The molecule has 8 atom stereocenters. The van der Waals surface area contributed by atoms with Gasteiger partial charge in [-0.1, -0.05) is 60.6 Å². The van der Waals surface area contributed by atoms with Crippen molar-refractivity contribution in [1.29, 1.82) is 0 Å². The summed E-state index contributed by atoms with van der Waals surface area (Å²) in [5.41, 5.74) is 2.26. The lowest BCUT2D eigenvalue weighted by Crippen LogP contribution is -2.68. The van der Waals surface area contributed by atoms with Crippen molar-refractivity contribution in [3.63, 3.8) is 0 Å². The minimum Gasteiger partial charge on any atom is -0.393 e. The van der Waals surface area contributed by atoms with Crippen LogP contribution in [0.4, 0.5) is 0 Å². The van der Waals surface area contributed by atoms with Gasteiger partial charge in [0.15, 0.2) is 0 Å². The molecule has 0 bridgehead atoms. The molecule has 0 aromatic rings. The van der Waals surface area contributed by atoms with Gasteiger partial charge in [0.05, 0.1) is 6.10 Å². The van der Waals surface area contributed by atoms with Crippen LogP contribution in [0.1, 0.15) is 113 Å². The average Bonchev–Trinajstić information content (AvgIpc) is 2.89. The molecule has 0 aromatic carbocycles. The van der Waals surface area contributed by atoms with Crippen molar-refractivity contribution in [2.24, 2.45) is 50.2 Å². The summed E-state index contributed by atoms with van der Waals surface area (Å²) in [7, 11) is 0. The Hall–Kier alpha value is -0.630. The van der Waals surface area contributed by atoms with Crippen LogP contribution in [0.5, 0.6) is 0 Å². The van der Waals surface area contributed by atoms with Crippen LogP contribution in [0.2, 0.25) is 0 Å². The van der Waals surface area contributed by atoms with E-state index in [1.54, 1.807) is 0 Å². The predicted molar refractivity (Wildman–Crippen MR) is 131 cm³/mol. The molecule has 0 saturated heterocycles. The van der Waals surface area contributed by atoms with Gasteiger partial charge >= 0.3 is 0 Å². The van der Waals surface area contributed by atoms with Crippen LogP contribution < -0.4 is 0 Å². The second-order valence-electron chi connectivity index (χ2n) is 14.8. The first-order valence-corrected chi connectivity index (χ1v) is 13.6. The molecule has 5 saturated carbocycles. The number of Topliss-reactive ketones (excluding diaryl/α,β-unsaturated/α-hetero) is 1. The molecule has 0 aromatic heterocycles. The Morgan fingerprint density at radius 1 is 0.844 bits per heavy atom. The van der Waals surface area contributed by atoms with Crippen LogP contribution in [-0.4, -0.2) is 17.0 Å². The topological polar surface area (TPSA) is 37.3 Å². The largest absolute Gasteiger partial charge is 0.393 e. The zero-order chi connectivity index (χ0) is 23.5. The van der Waals surface area contributed by atoms with Gasteiger partial charge in [0.1, 0.15) is 5.78 Å². The van der Waals surface area contributed by atoms with E-state index in [0.29, 0.717) is 29.0 Å². The van der Waals surface area contributed by atoms with Gasteiger partial charge in [0.2, 0.25) is 0 Å². The maximum atomic E-state index is 12.9. The van der Waals surface area contributed by atoms with Crippen LogP contribution in [0, 0.1) is 50.2 Å². The van der Waals surface area contributed by atoms with Gasteiger partial charge < -0.3 is 5.11 Å². The van der Waals surface area contributed by atoms with Gasteiger partial charge in [-0.05, 0) is 96.7 Å². The highest BCUT2D eigenvalue weighted by Crippen LogP contribution is 2.76. The SMILES string of the molecule is C=C1CCC(C)(C)[C@@]12CC[C@]1(C)[C@H](CC[C@@H]3[C@@]4(C)CCC(=O)C(C)(C)[C@@H]4[C@H](O)C[C@]31C)C2. The van der Waals surface area contributed by atoms with Crippen molar-refractivity contribution < 1.29 is 9.90 Å². The lowest BCUT2D eigenvalue weighted by Gasteiger charge is -2.72. The third kappa shape index (κ3) is 2.49. The summed E-state index contributed by atoms with van der Waals surface area (Å²) in [6.07, 6.45) is 11.1. The third-order valence-corrected chi connectivity index (χ3v) is 13.4. The van der Waals surface area contributed by atoms with Crippen LogP contribution in [-0.2, 0) is 4.79 Å². The number of carbonyl (C=O) groups excluding carboxylic acids is 1. The number of hydrogen-bond donors (Lipinski definition) is 1. The van der Waals surface area contributed by atoms with E-state index in [2.05, 4.69) is 55.0 Å². The summed E-state index contributed by atoms with van der Waals surface area (Å²) in [5.74, 6) is 1.78. The lowest BCUT2D eigenvalue weighted by atomic mass is 9.32. The molecule has 32 heavy (non-hydrogen) atoms. The molecule has 5 aliphatic rings.